The van der Waals surface area contributed by atoms with Crippen LogP contribution in [0.5, 0.6) is 0 Å². The normalized spacial score (nSPS) is 18.2. The van der Waals surface area contributed by atoms with Crippen molar-refractivity contribution in [3.8, 4) is 0 Å². The number of nitrogens with zero attached hydrogens (tertiary/aromatic N) is 1. The van der Waals surface area contributed by atoms with E-state index in [4.69, 9.17) is 5.11 Å². The van der Waals surface area contributed by atoms with Crippen LogP contribution in [0.3, 0.4) is 0 Å². The molecular formula is C14H25NO3. The summed E-state index contributed by atoms with van der Waals surface area (Å²) in [4.78, 5) is 25.0. The SMILES string of the molecule is CN(C(=O)CC(C)(C)C(=O)O)C1CCCCCC1. The standard InChI is InChI=1S/C14H25NO3/c1-14(2,13(17)18)10-12(16)15(3)11-8-6-4-5-7-9-11/h11H,4-10H2,1-3H3,(H,17,18). The lowest BCUT2D eigenvalue weighted by Gasteiger charge is -2.30. The van der Waals surface area contributed by atoms with Crippen LogP contribution >= 0.6 is 0 Å². The molecule has 1 fully saturated rings. The van der Waals surface area contributed by atoms with Crippen molar-refractivity contribution in [1.82, 2.24) is 4.90 Å². The van der Waals surface area contributed by atoms with Crippen molar-refractivity contribution in [2.24, 2.45) is 5.41 Å². The molecule has 0 aliphatic heterocycles. The van der Waals surface area contributed by atoms with Gasteiger partial charge in [0.25, 0.3) is 0 Å². The van der Waals surface area contributed by atoms with Crippen LogP contribution in [-0.4, -0.2) is 35.0 Å². The molecule has 0 aromatic carbocycles. The van der Waals surface area contributed by atoms with E-state index in [0.29, 0.717) is 6.04 Å². The third-order valence-corrected chi connectivity index (χ3v) is 3.94. The van der Waals surface area contributed by atoms with Crippen molar-refractivity contribution in [2.45, 2.75) is 64.8 Å². The first-order valence-corrected chi connectivity index (χ1v) is 6.83. The van der Waals surface area contributed by atoms with Crippen molar-refractivity contribution in [1.29, 1.82) is 0 Å². The Hall–Kier alpha value is -1.06. The lowest BCUT2D eigenvalue weighted by atomic mass is 9.88. The van der Waals surface area contributed by atoms with E-state index in [9.17, 15) is 9.59 Å². The van der Waals surface area contributed by atoms with Crippen LogP contribution in [0.25, 0.3) is 0 Å². The van der Waals surface area contributed by atoms with Crippen LogP contribution < -0.4 is 0 Å². The predicted molar refractivity (Wildman–Crippen MR) is 70.3 cm³/mol. The lowest BCUT2D eigenvalue weighted by molar-refractivity contribution is -0.151. The zero-order valence-corrected chi connectivity index (χ0v) is 11.7. The van der Waals surface area contributed by atoms with Gasteiger partial charge in [-0.15, -0.1) is 0 Å². The number of carboxylic acids is 1. The summed E-state index contributed by atoms with van der Waals surface area (Å²) in [6.45, 7) is 3.21. The highest BCUT2D eigenvalue weighted by Gasteiger charge is 2.32. The number of hydrogen-bond acceptors (Lipinski definition) is 2. The van der Waals surface area contributed by atoms with Gasteiger partial charge >= 0.3 is 5.97 Å². The molecule has 104 valence electrons. The van der Waals surface area contributed by atoms with E-state index in [2.05, 4.69) is 0 Å². The molecule has 0 heterocycles. The Kier molecular flexibility index (Phi) is 5.17. The van der Waals surface area contributed by atoms with Gasteiger partial charge in [-0.25, -0.2) is 0 Å². The molecule has 18 heavy (non-hydrogen) atoms. The summed E-state index contributed by atoms with van der Waals surface area (Å²) < 4.78 is 0. The average molecular weight is 255 g/mol. The minimum absolute atomic E-state index is 0.0469. The molecule has 4 heteroatoms. The molecule has 0 aromatic rings. The number of carbonyl (C=O) groups excluding carboxylic acids is 1. The quantitative estimate of drug-likeness (QED) is 0.786. The van der Waals surface area contributed by atoms with Crippen LogP contribution in [0, 0.1) is 5.41 Å². The van der Waals surface area contributed by atoms with Crippen LogP contribution in [0.2, 0.25) is 0 Å². The number of amides is 1. The first-order valence-electron chi connectivity index (χ1n) is 6.83. The van der Waals surface area contributed by atoms with Gasteiger partial charge in [0.1, 0.15) is 0 Å². The second-order valence-electron chi connectivity index (χ2n) is 6.02. The van der Waals surface area contributed by atoms with Crippen molar-refractivity contribution in [2.75, 3.05) is 7.05 Å². The monoisotopic (exact) mass is 255 g/mol. The number of carboxylic acid groups (broad SMARTS) is 1. The minimum Gasteiger partial charge on any atom is -0.481 e. The fourth-order valence-electron chi connectivity index (χ4n) is 2.43. The van der Waals surface area contributed by atoms with Crippen molar-refractivity contribution in [3.63, 3.8) is 0 Å². The van der Waals surface area contributed by atoms with Gasteiger partial charge in [-0.05, 0) is 26.7 Å². The van der Waals surface area contributed by atoms with Gasteiger partial charge in [-0.3, -0.25) is 9.59 Å². The maximum Gasteiger partial charge on any atom is 0.309 e. The number of rotatable bonds is 4. The van der Waals surface area contributed by atoms with Crippen LogP contribution in [0.1, 0.15) is 58.8 Å². The van der Waals surface area contributed by atoms with Gasteiger partial charge < -0.3 is 10.0 Å². The molecule has 1 aliphatic carbocycles. The van der Waals surface area contributed by atoms with E-state index in [1.54, 1.807) is 18.7 Å². The number of hydrogen-bond donors (Lipinski definition) is 1. The third-order valence-electron chi connectivity index (χ3n) is 3.94. The van der Waals surface area contributed by atoms with Crippen LogP contribution in [0.15, 0.2) is 0 Å². The van der Waals surface area contributed by atoms with E-state index in [0.717, 1.165) is 12.8 Å². The van der Waals surface area contributed by atoms with Crippen LogP contribution in [0.4, 0.5) is 0 Å². The smallest absolute Gasteiger partial charge is 0.309 e. The van der Waals surface area contributed by atoms with Crippen molar-refractivity contribution in [3.05, 3.63) is 0 Å². The Morgan fingerprint density at radius 3 is 2.11 bits per heavy atom. The van der Waals surface area contributed by atoms with E-state index < -0.39 is 11.4 Å². The topological polar surface area (TPSA) is 57.6 Å². The third kappa shape index (κ3) is 4.00. The zero-order chi connectivity index (χ0) is 13.8. The van der Waals surface area contributed by atoms with E-state index in [-0.39, 0.29) is 12.3 Å². The summed E-state index contributed by atoms with van der Waals surface area (Å²) in [7, 11) is 1.82. The molecule has 0 saturated heterocycles. The molecule has 1 amide bonds. The molecule has 1 saturated carbocycles. The van der Waals surface area contributed by atoms with Gasteiger partial charge in [-0.1, -0.05) is 25.7 Å². The average Bonchev–Trinajstić information content (AvgIpc) is 2.55. The molecule has 0 aromatic heterocycles. The van der Waals surface area contributed by atoms with E-state index in [1.807, 2.05) is 7.05 Å². The highest BCUT2D eigenvalue weighted by Crippen LogP contribution is 2.25. The predicted octanol–water partition coefficient (Wildman–Crippen LogP) is 2.67. The first kappa shape index (κ1) is 15.0. The molecule has 0 radical (unpaired) electrons. The minimum atomic E-state index is -0.976. The Labute approximate surface area is 109 Å². The summed E-state index contributed by atoms with van der Waals surface area (Å²) in [6.07, 6.45) is 7.02. The maximum absolute atomic E-state index is 12.1. The summed E-state index contributed by atoms with van der Waals surface area (Å²) in [5.41, 5.74) is -0.976. The lowest BCUT2D eigenvalue weighted by Crippen LogP contribution is -2.40. The maximum atomic E-state index is 12.1. The first-order chi connectivity index (χ1) is 8.34. The molecule has 0 spiro atoms. The van der Waals surface area contributed by atoms with Gasteiger partial charge in [-0.2, -0.15) is 0 Å². The second kappa shape index (κ2) is 6.21. The summed E-state index contributed by atoms with van der Waals surface area (Å²) in [5.74, 6) is -0.959. The fourth-order valence-corrected chi connectivity index (χ4v) is 2.43. The molecule has 1 aliphatic rings. The fraction of sp³-hybridized carbons (Fsp3) is 0.857. The molecular weight excluding hydrogens is 230 g/mol. The van der Waals surface area contributed by atoms with Gasteiger partial charge in [0.15, 0.2) is 0 Å². The highest BCUT2D eigenvalue weighted by atomic mass is 16.4. The molecule has 0 atom stereocenters. The number of aliphatic carboxylic acids is 1. The summed E-state index contributed by atoms with van der Waals surface area (Å²) in [6, 6.07) is 0.296. The highest BCUT2D eigenvalue weighted by molar-refractivity contribution is 5.84. The van der Waals surface area contributed by atoms with E-state index in [1.165, 1.54) is 25.7 Å². The molecule has 1 N–H and O–H groups in total. The molecule has 0 unspecified atom stereocenters. The van der Waals surface area contributed by atoms with Gasteiger partial charge in [0.2, 0.25) is 5.91 Å². The molecule has 1 rings (SSSR count). The number of carbonyl (C=O) groups is 2. The summed E-state index contributed by atoms with van der Waals surface area (Å²) >= 11 is 0. The molecule has 4 nitrogen and oxygen atoms in total. The second-order valence-corrected chi connectivity index (χ2v) is 6.02. The van der Waals surface area contributed by atoms with Crippen molar-refractivity contribution >= 4 is 11.9 Å². The van der Waals surface area contributed by atoms with Gasteiger partial charge in [0, 0.05) is 19.5 Å². The molecule has 0 bridgehead atoms. The Morgan fingerprint density at radius 1 is 1.17 bits per heavy atom. The Bertz CT molecular complexity index is 304. The summed E-state index contributed by atoms with van der Waals surface area (Å²) in [5, 5.41) is 9.06. The Balaban J connectivity index is 2.57. The Morgan fingerprint density at radius 2 is 1.67 bits per heavy atom. The van der Waals surface area contributed by atoms with E-state index >= 15 is 0 Å². The van der Waals surface area contributed by atoms with Crippen LogP contribution in [-0.2, 0) is 9.59 Å². The van der Waals surface area contributed by atoms with Crippen molar-refractivity contribution < 1.29 is 14.7 Å². The van der Waals surface area contributed by atoms with Gasteiger partial charge in [0.05, 0.1) is 5.41 Å². The zero-order valence-electron chi connectivity index (χ0n) is 11.7. The largest absolute Gasteiger partial charge is 0.481 e.